The van der Waals surface area contributed by atoms with Crippen molar-refractivity contribution in [2.24, 2.45) is 0 Å². The summed E-state index contributed by atoms with van der Waals surface area (Å²) in [4.78, 5) is 3.39. The maximum Gasteiger partial charge on any atom is 0.422 e. The summed E-state index contributed by atoms with van der Waals surface area (Å²) in [7, 11) is -3.84. The molecule has 0 saturated heterocycles. The maximum atomic E-state index is 12.1. The van der Waals surface area contributed by atoms with E-state index in [1.807, 2.05) is 0 Å². The minimum absolute atomic E-state index is 0.109. The van der Waals surface area contributed by atoms with Crippen LogP contribution in [0.1, 0.15) is 17.0 Å². The Morgan fingerprint density at radius 3 is 2.52 bits per heavy atom. The lowest BCUT2D eigenvalue weighted by molar-refractivity contribution is -0.154. The molecule has 0 aliphatic rings. The van der Waals surface area contributed by atoms with Gasteiger partial charge < -0.3 is 9.26 Å². The molecule has 0 aliphatic heterocycles. The van der Waals surface area contributed by atoms with E-state index in [0.717, 1.165) is 23.9 Å². The summed E-state index contributed by atoms with van der Waals surface area (Å²) in [6, 6.07) is 2.19. The van der Waals surface area contributed by atoms with Crippen molar-refractivity contribution in [2.45, 2.75) is 31.3 Å². The summed E-state index contributed by atoms with van der Waals surface area (Å²) in [6.45, 7) is 2.09. The summed E-state index contributed by atoms with van der Waals surface area (Å²) < 4.78 is 72.3. The Bertz CT molecular complexity index is 797. The second-order valence-electron chi connectivity index (χ2n) is 5.19. The fourth-order valence-corrected chi connectivity index (χ4v) is 3.00. The average molecular weight is 379 g/mol. The molecule has 2 aromatic rings. The summed E-state index contributed by atoms with van der Waals surface area (Å²) in [6.07, 6.45) is -3.17. The minimum atomic E-state index is -4.49. The fraction of sp³-hybridized carbons (Fsp3) is 0.429. The quantitative estimate of drug-likeness (QED) is 0.792. The Morgan fingerprint density at radius 2 is 2.00 bits per heavy atom. The van der Waals surface area contributed by atoms with Gasteiger partial charge in [-0.15, -0.1) is 0 Å². The van der Waals surface area contributed by atoms with E-state index >= 15 is 0 Å². The van der Waals surface area contributed by atoms with Crippen LogP contribution in [0.5, 0.6) is 5.88 Å². The maximum absolute atomic E-state index is 12.1. The number of rotatable bonds is 7. The summed E-state index contributed by atoms with van der Waals surface area (Å²) in [5.74, 6) is 0.302. The zero-order chi connectivity index (χ0) is 18.7. The van der Waals surface area contributed by atoms with Gasteiger partial charge in [0, 0.05) is 18.2 Å². The number of pyridine rings is 1. The summed E-state index contributed by atoms with van der Waals surface area (Å²) >= 11 is 0. The van der Waals surface area contributed by atoms with Crippen LogP contribution in [0.2, 0.25) is 0 Å². The van der Waals surface area contributed by atoms with Gasteiger partial charge in [0.25, 0.3) is 0 Å². The lowest BCUT2D eigenvalue weighted by Crippen LogP contribution is -2.26. The molecule has 0 spiro atoms. The van der Waals surface area contributed by atoms with Crippen molar-refractivity contribution in [2.75, 3.05) is 13.2 Å². The predicted octanol–water partition coefficient (Wildman–Crippen LogP) is 2.15. The highest BCUT2D eigenvalue weighted by Gasteiger charge is 2.28. The van der Waals surface area contributed by atoms with Crippen molar-refractivity contribution in [3.05, 3.63) is 35.3 Å². The van der Waals surface area contributed by atoms with E-state index in [2.05, 4.69) is 19.6 Å². The van der Waals surface area contributed by atoms with Crippen LogP contribution in [0.15, 0.2) is 27.7 Å². The van der Waals surface area contributed by atoms with Crippen molar-refractivity contribution >= 4 is 10.0 Å². The Kier molecular flexibility index (Phi) is 5.68. The van der Waals surface area contributed by atoms with Gasteiger partial charge in [-0.1, -0.05) is 5.16 Å². The van der Waals surface area contributed by atoms with Crippen molar-refractivity contribution in [3.63, 3.8) is 0 Å². The molecule has 0 aliphatic carbocycles. The van der Waals surface area contributed by atoms with Crippen LogP contribution in [-0.2, 0) is 16.4 Å². The molecule has 0 amide bonds. The molecule has 0 aromatic carbocycles. The SMILES string of the molecule is Cc1noc(C)c1CCNS(=O)(=O)c1ccc(OCC(F)(F)F)nc1. The molecule has 0 bridgehead atoms. The number of nitrogens with zero attached hydrogens (tertiary/aromatic N) is 2. The smallest absolute Gasteiger partial charge is 0.422 e. The zero-order valence-electron chi connectivity index (χ0n) is 13.4. The second kappa shape index (κ2) is 7.40. The van der Waals surface area contributed by atoms with Crippen molar-refractivity contribution in [1.29, 1.82) is 0 Å². The number of alkyl halides is 3. The molecule has 0 fully saturated rings. The largest absolute Gasteiger partial charge is 0.468 e. The van der Waals surface area contributed by atoms with Crippen LogP contribution in [-0.4, -0.2) is 37.9 Å². The Balaban J connectivity index is 1.95. The van der Waals surface area contributed by atoms with Crippen LogP contribution < -0.4 is 9.46 Å². The van der Waals surface area contributed by atoms with Gasteiger partial charge in [-0.2, -0.15) is 13.2 Å². The zero-order valence-corrected chi connectivity index (χ0v) is 14.2. The van der Waals surface area contributed by atoms with E-state index in [1.54, 1.807) is 13.8 Å². The minimum Gasteiger partial charge on any atom is -0.468 e. The first kappa shape index (κ1) is 19.2. The van der Waals surface area contributed by atoms with Crippen LogP contribution in [0, 0.1) is 13.8 Å². The first-order chi connectivity index (χ1) is 11.6. The molecule has 2 heterocycles. The lowest BCUT2D eigenvalue weighted by Gasteiger charge is -2.09. The molecule has 2 rings (SSSR count). The van der Waals surface area contributed by atoms with E-state index in [1.165, 1.54) is 0 Å². The predicted molar refractivity (Wildman–Crippen MR) is 80.7 cm³/mol. The Morgan fingerprint density at radius 1 is 1.28 bits per heavy atom. The molecule has 138 valence electrons. The van der Waals surface area contributed by atoms with Gasteiger partial charge in [0.1, 0.15) is 10.7 Å². The van der Waals surface area contributed by atoms with Gasteiger partial charge >= 0.3 is 6.18 Å². The molecule has 11 heteroatoms. The first-order valence-corrected chi connectivity index (χ1v) is 8.64. The van der Waals surface area contributed by atoms with Gasteiger partial charge in [0.15, 0.2) is 6.61 Å². The Hall–Kier alpha value is -2.14. The molecule has 1 N–H and O–H groups in total. The van der Waals surface area contributed by atoms with Crippen molar-refractivity contribution < 1.29 is 30.8 Å². The van der Waals surface area contributed by atoms with Crippen LogP contribution >= 0.6 is 0 Å². The third-order valence-electron chi connectivity index (χ3n) is 3.25. The summed E-state index contributed by atoms with van der Waals surface area (Å²) in [5, 5.41) is 3.78. The molecule has 7 nitrogen and oxygen atoms in total. The molecule has 0 radical (unpaired) electrons. The van der Waals surface area contributed by atoms with Gasteiger partial charge in [-0.25, -0.2) is 18.1 Å². The van der Waals surface area contributed by atoms with Crippen LogP contribution in [0.4, 0.5) is 13.2 Å². The molecular formula is C14H16F3N3O4S. The number of sulfonamides is 1. The molecule has 0 atom stereocenters. The molecule has 25 heavy (non-hydrogen) atoms. The standard InChI is InChI=1S/C14H16F3N3O4S/c1-9-12(10(2)24-20-9)5-6-19-25(21,22)11-3-4-13(18-7-11)23-8-14(15,16)17/h3-4,7,19H,5-6,8H2,1-2H3. The normalized spacial score (nSPS) is 12.4. The second-order valence-corrected chi connectivity index (χ2v) is 6.95. The number of aryl methyl sites for hydroxylation is 2. The van der Waals surface area contributed by atoms with E-state index < -0.39 is 22.8 Å². The van der Waals surface area contributed by atoms with Gasteiger partial charge in [-0.05, 0) is 26.3 Å². The molecule has 0 saturated carbocycles. The average Bonchev–Trinajstić information content (AvgIpc) is 2.84. The number of hydrogen-bond acceptors (Lipinski definition) is 6. The van der Waals surface area contributed by atoms with Crippen LogP contribution in [0.25, 0.3) is 0 Å². The van der Waals surface area contributed by atoms with Gasteiger partial charge in [-0.3, -0.25) is 0 Å². The number of aromatic nitrogens is 2. The van der Waals surface area contributed by atoms with E-state index in [-0.39, 0.29) is 17.3 Å². The topological polar surface area (TPSA) is 94.3 Å². The highest BCUT2D eigenvalue weighted by molar-refractivity contribution is 7.89. The molecule has 2 aromatic heterocycles. The van der Waals surface area contributed by atoms with Gasteiger partial charge in [0.2, 0.25) is 15.9 Å². The number of nitrogens with one attached hydrogen (secondary N) is 1. The molecular weight excluding hydrogens is 363 g/mol. The van der Waals surface area contributed by atoms with E-state index in [0.29, 0.717) is 17.9 Å². The first-order valence-electron chi connectivity index (χ1n) is 7.15. The highest BCUT2D eigenvalue weighted by Crippen LogP contribution is 2.18. The number of ether oxygens (including phenoxy) is 1. The van der Waals surface area contributed by atoms with Gasteiger partial charge in [0.05, 0.1) is 11.9 Å². The van der Waals surface area contributed by atoms with E-state index in [4.69, 9.17) is 4.52 Å². The monoisotopic (exact) mass is 379 g/mol. The number of hydrogen-bond donors (Lipinski definition) is 1. The third kappa shape index (κ3) is 5.43. The lowest BCUT2D eigenvalue weighted by atomic mass is 10.1. The number of halogens is 3. The highest BCUT2D eigenvalue weighted by atomic mass is 32.2. The molecule has 0 unspecified atom stereocenters. The van der Waals surface area contributed by atoms with Crippen LogP contribution in [0.3, 0.4) is 0 Å². The summed E-state index contributed by atoms with van der Waals surface area (Å²) in [5.41, 5.74) is 1.50. The van der Waals surface area contributed by atoms with Crippen molar-refractivity contribution in [1.82, 2.24) is 14.9 Å². The van der Waals surface area contributed by atoms with Crippen molar-refractivity contribution in [3.8, 4) is 5.88 Å². The van der Waals surface area contributed by atoms with E-state index in [9.17, 15) is 21.6 Å². The third-order valence-corrected chi connectivity index (χ3v) is 4.70. The Labute approximate surface area is 142 Å². The fourth-order valence-electron chi connectivity index (χ4n) is 2.02.